The van der Waals surface area contributed by atoms with Crippen molar-refractivity contribution in [3.05, 3.63) is 41.7 Å². The Morgan fingerprint density at radius 3 is 2.70 bits per heavy atom. The summed E-state index contributed by atoms with van der Waals surface area (Å²) in [5.74, 6) is -0.556. The van der Waals surface area contributed by atoms with Crippen molar-refractivity contribution >= 4 is 17.6 Å². The maximum absolute atomic E-state index is 11.9. The number of hydrogen-bond donors (Lipinski definition) is 2. The summed E-state index contributed by atoms with van der Waals surface area (Å²) in [6.07, 6.45) is 2.64. The first-order valence-electron chi connectivity index (χ1n) is 7.56. The van der Waals surface area contributed by atoms with Gasteiger partial charge in [-0.1, -0.05) is 19.9 Å². The fourth-order valence-electron chi connectivity index (χ4n) is 2.24. The number of aromatic nitrogens is 2. The van der Waals surface area contributed by atoms with Gasteiger partial charge in [-0.3, -0.25) is 4.79 Å². The molecule has 0 spiro atoms. The molecule has 122 valence electrons. The van der Waals surface area contributed by atoms with Gasteiger partial charge in [-0.2, -0.15) is 5.10 Å². The lowest BCUT2D eigenvalue weighted by molar-refractivity contribution is -0.116. The molecule has 0 aliphatic heterocycles. The van der Waals surface area contributed by atoms with Gasteiger partial charge in [0.15, 0.2) is 0 Å². The standard InChI is InChI=1S/C17H21N3O3/c1-11(2)7-8-16(21)19-13-5-4-6-14(9-13)20-12(3)15(10-18-20)17(22)23/h4-6,9-11H,7-8H2,1-3H3,(H,19,21)(H,22,23). The molecule has 1 aromatic carbocycles. The number of benzene rings is 1. The van der Waals surface area contributed by atoms with Crippen LogP contribution in [0, 0.1) is 12.8 Å². The summed E-state index contributed by atoms with van der Waals surface area (Å²) < 4.78 is 1.55. The highest BCUT2D eigenvalue weighted by Crippen LogP contribution is 2.18. The number of nitrogens with zero attached hydrogens (tertiary/aromatic N) is 2. The average molecular weight is 315 g/mol. The number of carbonyl (C=O) groups excluding carboxylic acids is 1. The quantitative estimate of drug-likeness (QED) is 0.857. The summed E-state index contributed by atoms with van der Waals surface area (Å²) in [5, 5.41) is 16.1. The van der Waals surface area contributed by atoms with Crippen molar-refractivity contribution in [1.29, 1.82) is 0 Å². The zero-order valence-corrected chi connectivity index (χ0v) is 13.5. The molecule has 0 fully saturated rings. The predicted octanol–water partition coefficient (Wildman–Crippen LogP) is 3.25. The zero-order valence-electron chi connectivity index (χ0n) is 13.5. The van der Waals surface area contributed by atoms with E-state index in [1.54, 1.807) is 29.8 Å². The minimum absolute atomic E-state index is 0.0285. The third kappa shape index (κ3) is 4.18. The Morgan fingerprint density at radius 2 is 2.09 bits per heavy atom. The van der Waals surface area contributed by atoms with Gasteiger partial charge in [-0.15, -0.1) is 0 Å². The SMILES string of the molecule is Cc1c(C(=O)O)cnn1-c1cccc(NC(=O)CCC(C)C)c1. The Balaban J connectivity index is 2.17. The maximum atomic E-state index is 11.9. The molecule has 1 heterocycles. The number of carboxylic acids is 1. The fraction of sp³-hybridized carbons (Fsp3) is 0.353. The third-order valence-electron chi connectivity index (χ3n) is 3.56. The number of nitrogens with one attached hydrogen (secondary N) is 1. The Morgan fingerprint density at radius 1 is 1.35 bits per heavy atom. The molecule has 23 heavy (non-hydrogen) atoms. The zero-order chi connectivity index (χ0) is 17.0. The van der Waals surface area contributed by atoms with E-state index in [2.05, 4.69) is 24.3 Å². The van der Waals surface area contributed by atoms with Gasteiger partial charge in [0.1, 0.15) is 5.56 Å². The number of hydrogen-bond acceptors (Lipinski definition) is 3. The lowest BCUT2D eigenvalue weighted by Gasteiger charge is -2.10. The van der Waals surface area contributed by atoms with E-state index in [0.29, 0.717) is 29.4 Å². The average Bonchev–Trinajstić information content (AvgIpc) is 2.87. The number of amides is 1. The summed E-state index contributed by atoms with van der Waals surface area (Å²) in [4.78, 5) is 23.0. The van der Waals surface area contributed by atoms with Crippen molar-refractivity contribution in [2.24, 2.45) is 5.92 Å². The molecule has 0 saturated carbocycles. The van der Waals surface area contributed by atoms with Gasteiger partial charge in [0.25, 0.3) is 0 Å². The van der Waals surface area contributed by atoms with Crippen molar-refractivity contribution in [2.45, 2.75) is 33.6 Å². The smallest absolute Gasteiger partial charge is 0.339 e. The Kier molecular flexibility index (Phi) is 5.16. The largest absolute Gasteiger partial charge is 0.478 e. The number of anilines is 1. The second-order valence-corrected chi connectivity index (χ2v) is 5.89. The highest BCUT2D eigenvalue weighted by Gasteiger charge is 2.14. The van der Waals surface area contributed by atoms with E-state index < -0.39 is 5.97 Å². The predicted molar refractivity (Wildman–Crippen MR) is 88.0 cm³/mol. The van der Waals surface area contributed by atoms with E-state index in [9.17, 15) is 9.59 Å². The summed E-state index contributed by atoms with van der Waals surface area (Å²) >= 11 is 0. The van der Waals surface area contributed by atoms with E-state index in [1.165, 1.54) is 6.20 Å². The maximum Gasteiger partial charge on any atom is 0.339 e. The van der Waals surface area contributed by atoms with Gasteiger partial charge in [-0.05, 0) is 37.5 Å². The van der Waals surface area contributed by atoms with Crippen LogP contribution in [0.3, 0.4) is 0 Å². The van der Waals surface area contributed by atoms with Gasteiger partial charge in [0.2, 0.25) is 5.91 Å². The molecular formula is C17H21N3O3. The summed E-state index contributed by atoms with van der Waals surface area (Å²) in [6, 6.07) is 7.19. The summed E-state index contributed by atoms with van der Waals surface area (Å²) in [6.45, 7) is 5.85. The first kappa shape index (κ1) is 16.7. The molecule has 0 radical (unpaired) electrons. The first-order chi connectivity index (χ1) is 10.9. The Labute approximate surface area is 135 Å². The molecule has 2 aromatic rings. The molecule has 6 heteroatoms. The van der Waals surface area contributed by atoms with Crippen molar-refractivity contribution in [3.63, 3.8) is 0 Å². The van der Waals surface area contributed by atoms with Crippen LogP contribution in [-0.2, 0) is 4.79 Å². The van der Waals surface area contributed by atoms with Crippen LogP contribution in [0.5, 0.6) is 0 Å². The van der Waals surface area contributed by atoms with Crippen LogP contribution in [0.25, 0.3) is 5.69 Å². The third-order valence-corrected chi connectivity index (χ3v) is 3.56. The number of carboxylic acid groups (broad SMARTS) is 1. The molecule has 0 aliphatic carbocycles. The molecular weight excluding hydrogens is 294 g/mol. The number of carbonyl (C=O) groups is 2. The van der Waals surface area contributed by atoms with Gasteiger partial charge in [0, 0.05) is 12.1 Å². The molecule has 0 bridgehead atoms. The molecule has 6 nitrogen and oxygen atoms in total. The van der Waals surface area contributed by atoms with E-state index in [1.807, 2.05) is 6.07 Å². The number of aromatic carboxylic acids is 1. The van der Waals surface area contributed by atoms with Crippen molar-refractivity contribution < 1.29 is 14.7 Å². The molecule has 1 aromatic heterocycles. The lowest BCUT2D eigenvalue weighted by Crippen LogP contribution is -2.12. The second-order valence-electron chi connectivity index (χ2n) is 5.89. The minimum atomic E-state index is -1.01. The molecule has 0 saturated heterocycles. The Bertz CT molecular complexity index is 720. The molecule has 2 N–H and O–H groups in total. The molecule has 0 aliphatic rings. The van der Waals surface area contributed by atoms with E-state index >= 15 is 0 Å². The van der Waals surface area contributed by atoms with Crippen molar-refractivity contribution in [3.8, 4) is 5.69 Å². The van der Waals surface area contributed by atoms with Gasteiger partial charge < -0.3 is 10.4 Å². The lowest BCUT2D eigenvalue weighted by atomic mass is 10.1. The number of rotatable bonds is 6. The van der Waals surface area contributed by atoms with Crippen LogP contribution >= 0.6 is 0 Å². The molecule has 0 atom stereocenters. The molecule has 2 rings (SSSR count). The second kappa shape index (κ2) is 7.09. The highest BCUT2D eigenvalue weighted by atomic mass is 16.4. The highest BCUT2D eigenvalue weighted by molar-refractivity contribution is 5.91. The van der Waals surface area contributed by atoms with Gasteiger partial charge >= 0.3 is 5.97 Å². The van der Waals surface area contributed by atoms with E-state index in [4.69, 9.17) is 5.11 Å². The topological polar surface area (TPSA) is 84.2 Å². The van der Waals surface area contributed by atoms with Crippen LogP contribution in [0.2, 0.25) is 0 Å². The van der Waals surface area contributed by atoms with Gasteiger partial charge in [-0.25, -0.2) is 9.48 Å². The normalized spacial score (nSPS) is 10.8. The monoisotopic (exact) mass is 315 g/mol. The van der Waals surface area contributed by atoms with Crippen molar-refractivity contribution in [1.82, 2.24) is 9.78 Å². The fourth-order valence-corrected chi connectivity index (χ4v) is 2.24. The van der Waals surface area contributed by atoms with Gasteiger partial charge in [0.05, 0.1) is 17.6 Å². The van der Waals surface area contributed by atoms with Crippen LogP contribution in [0.4, 0.5) is 5.69 Å². The van der Waals surface area contributed by atoms with E-state index in [-0.39, 0.29) is 11.5 Å². The molecule has 0 unspecified atom stereocenters. The van der Waals surface area contributed by atoms with Crippen LogP contribution in [0.1, 0.15) is 42.7 Å². The van der Waals surface area contributed by atoms with E-state index in [0.717, 1.165) is 6.42 Å². The van der Waals surface area contributed by atoms with Crippen LogP contribution in [0.15, 0.2) is 30.5 Å². The van der Waals surface area contributed by atoms with Crippen LogP contribution < -0.4 is 5.32 Å². The minimum Gasteiger partial charge on any atom is -0.478 e. The summed E-state index contributed by atoms with van der Waals surface area (Å²) in [5.41, 5.74) is 2.08. The summed E-state index contributed by atoms with van der Waals surface area (Å²) in [7, 11) is 0. The van der Waals surface area contributed by atoms with Crippen LogP contribution in [-0.4, -0.2) is 26.8 Å². The van der Waals surface area contributed by atoms with Crippen molar-refractivity contribution in [2.75, 3.05) is 5.32 Å². The first-order valence-corrected chi connectivity index (χ1v) is 7.56. The molecule has 1 amide bonds. The Hall–Kier alpha value is -2.63.